The van der Waals surface area contributed by atoms with Crippen molar-refractivity contribution in [1.82, 2.24) is 15.3 Å². The highest BCUT2D eigenvalue weighted by Gasteiger charge is 2.51. The molecule has 1 saturated carbocycles. The van der Waals surface area contributed by atoms with Crippen molar-refractivity contribution in [2.24, 2.45) is 5.92 Å². The standard InChI is InChI=1S/C24H30ClF3N6/c1-22(2,3)33-23(9-10-23)15-7-11-34(12-8-15)20-18(14-29)19(31-21(25)32-20)30-17-6-4-5-16(13-17)24(26,27)28/h4-6,13-15,29,33H,7-12H2,1-3H3,(H,30,31,32). The highest BCUT2D eigenvalue weighted by atomic mass is 35.5. The van der Waals surface area contributed by atoms with E-state index in [0.717, 1.165) is 44.3 Å². The Morgan fingerprint density at radius 3 is 2.38 bits per heavy atom. The fourth-order valence-corrected chi connectivity index (χ4v) is 5.14. The van der Waals surface area contributed by atoms with Gasteiger partial charge < -0.3 is 20.9 Å². The van der Waals surface area contributed by atoms with Gasteiger partial charge in [0.05, 0.1) is 11.1 Å². The van der Waals surface area contributed by atoms with E-state index in [1.165, 1.54) is 25.0 Å². The first-order chi connectivity index (χ1) is 15.9. The van der Waals surface area contributed by atoms with Crippen molar-refractivity contribution in [3.05, 3.63) is 40.7 Å². The molecule has 0 bridgehead atoms. The number of rotatable bonds is 6. The molecule has 0 spiro atoms. The van der Waals surface area contributed by atoms with Gasteiger partial charge in [-0.1, -0.05) is 6.07 Å². The maximum atomic E-state index is 13.1. The Labute approximate surface area is 202 Å². The summed E-state index contributed by atoms with van der Waals surface area (Å²) in [6.45, 7) is 8.10. The molecule has 2 fully saturated rings. The van der Waals surface area contributed by atoms with Crippen molar-refractivity contribution < 1.29 is 13.2 Å². The van der Waals surface area contributed by atoms with Crippen molar-refractivity contribution >= 4 is 35.1 Å². The lowest BCUT2D eigenvalue weighted by Crippen LogP contribution is -2.52. The van der Waals surface area contributed by atoms with Gasteiger partial charge in [-0.2, -0.15) is 23.1 Å². The Morgan fingerprint density at radius 2 is 1.82 bits per heavy atom. The van der Waals surface area contributed by atoms with Gasteiger partial charge in [0.25, 0.3) is 0 Å². The van der Waals surface area contributed by atoms with Gasteiger partial charge in [-0.25, -0.2) is 0 Å². The second-order valence-corrected chi connectivity index (χ2v) is 10.6. The van der Waals surface area contributed by atoms with Gasteiger partial charge >= 0.3 is 6.18 Å². The second-order valence-electron chi connectivity index (χ2n) is 10.2. The first-order valence-electron chi connectivity index (χ1n) is 11.5. The molecule has 10 heteroatoms. The molecule has 2 aliphatic rings. The number of piperidine rings is 1. The van der Waals surface area contributed by atoms with E-state index in [1.54, 1.807) is 0 Å². The molecule has 2 aromatic rings. The first-order valence-corrected chi connectivity index (χ1v) is 11.8. The Bertz CT molecular complexity index is 1050. The Balaban J connectivity index is 1.54. The molecule has 4 rings (SSSR count). The molecule has 6 nitrogen and oxygen atoms in total. The van der Waals surface area contributed by atoms with E-state index in [-0.39, 0.29) is 27.9 Å². The third-order valence-corrected chi connectivity index (χ3v) is 6.65. The number of benzene rings is 1. The summed E-state index contributed by atoms with van der Waals surface area (Å²) in [6.07, 6.45) is 1.01. The van der Waals surface area contributed by atoms with Crippen LogP contribution in [0.4, 0.5) is 30.5 Å². The van der Waals surface area contributed by atoms with Crippen molar-refractivity contribution in [3.63, 3.8) is 0 Å². The number of aromatic nitrogens is 2. The molecule has 0 amide bonds. The Hall–Kier alpha value is -2.39. The average molecular weight is 495 g/mol. The predicted molar refractivity (Wildman–Crippen MR) is 129 cm³/mol. The topological polar surface area (TPSA) is 76.9 Å². The minimum atomic E-state index is -4.46. The summed E-state index contributed by atoms with van der Waals surface area (Å²) in [7, 11) is 0. The molecule has 184 valence electrons. The van der Waals surface area contributed by atoms with Crippen LogP contribution in [0.25, 0.3) is 0 Å². The van der Waals surface area contributed by atoms with E-state index in [1.807, 2.05) is 0 Å². The van der Waals surface area contributed by atoms with Gasteiger partial charge in [0.2, 0.25) is 5.28 Å². The maximum Gasteiger partial charge on any atom is 0.416 e. The third-order valence-electron chi connectivity index (χ3n) is 6.48. The maximum absolute atomic E-state index is 13.1. The molecule has 1 aromatic carbocycles. The van der Waals surface area contributed by atoms with Gasteiger partial charge in [0.1, 0.15) is 11.6 Å². The average Bonchev–Trinajstić information content (AvgIpc) is 3.52. The van der Waals surface area contributed by atoms with Crippen molar-refractivity contribution in [3.8, 4) is 0 Å². The summed E-state index contributed by atoms with van der Waals surface area (Å²) in [5, 5.41) is 14.7. The lowest BCUT2D eigenvalue weighted by atomic mass is 9.85. The summed E-state index contributed by atoms with van der Waals surface area (Å²) in [6, 6.07) is 4.85. The fraction of sp³-hybridized carbons (Fsp3) is 0.542. The van der Waals surface area contributed by atoms with Crippen LogP contribution in [0.1, 0.15) is 57.6 Å². The summed E-state index contributed by atoms with van der Waals surface area (Å²) in [5.41, 5.74) is 0.101. The highest BCUT2D eigenvalue weighted by Crippen LogP contribution is 2.48. The van der Waals surface area contributed by atoms with Gasteiger partial charge in [-0.05, 0) is 82.2 Å². The molecule has 0 radical (unpaired) electrons. The smallest absolute Gasteiger partial charge is 0.356 e. The Kier molecular flexibility index (Phi) is 6.54. The molecule has 0 atom stereocenters. The fourth-order valence-electron chi connectivity index (χ4n) is 4.97. The lowest BCUT2D eigenvalue weighted by molar-refractivity contribution is -0.137. The predicted octanol–water partition coefficient (Wildman–Crippen LogP) is 6.03. The molecule has 3 N–H and O–H groups in total. The number of hydrogen-bond acceptors (Lipinski definition) is 6. The summed E-state index contributed by atoms with van der Waals surface area (Å²) < 4.78 is 39.3. The third kappa shape index (κ3) is 5.46. The number of anilines is 3. The van der Waals surface area contributed by atoms with Crippen molar-refractivity contribution in [2.75, 3.05) is 23.3 Å². The molecule has 34 heavy (non-hydrogen) atoms. The van der Waals surface area contributed by atoms with Crippen molar-refractivity contribution in [2.45, 2.75) is 63.7 Å². The van der Waals surface area contributed by atoms with E-state index < -0.39 is 11.7 Å². The van der Waals surface area contributed by atoms with Crippen LogP contribution in [-0.2, 0) is 6.18 Å². The normalized spacial score (nSPS) is 18.6. The first kappa shape index (κ1) is 24.7. The van der Waals surface area contributed by atoms with E-state index in [2.05, 4.69) is 46.3 Å². The van der Waals surface area contributed by atoms with Crippen LogP contribution in [-0.4, -0.2) is 40.3 Å². The monoisotopic (exact) mass is 494 g/mol. The largest absolute Gasteiger partial charge is 0.416 e. The van der Waals surface area contributed by atoms with Gasteiger partial charge in [0.15, 0.2) is 0 Å². The quantitative estimate of drug-likeness (QED) is 0.338. The van der Waals surface area contributed by atoms with Crippen LogP contribution in [0.3, 0.4) is 0 Å². The molecule has 1 aliphatic carbocycles. The number of nitrogens with zero attached hydrogens (tertiary/aromatic N) is 3. The number of alkyl halides is 3. The molecule has 1 aromatic heterocycles. The number of hydrogen-bond donors (Lipinski definition) is 3. The molecule has 1 saturated heterocycles. The van der Waals surface area contributed by atoms with Crippen LogP contribution in [0.2, 0.25) is 5.28 Å². The number of nitrogens with one attached hydrogen (secondary N) is 3. The highest BCUT2D eigenvalue weighted by molar-refractivity contribution is 6.28. The van der Waals surface area contributed by atoms with E-state index >= 15 is 0 Å². The molecule has 2 heterocycles. The van der Waals surface area contributed by atoms with Crippen LogP contribution in [0.5, 0.6) is 0 Å². The van der Waals surface area contributed by atoms with E-state index in [0.29, 0.717) is 17.3 Å². The minimum Gasteiger partial charge on any atom is -0.356 e. The van der Waals surface area contributed by atoms with Gasteiger partial charge in [0, 0.05) is 36.1 Å². The summed E-state index contributed by atoms with van der Waals surface area (Å²) >= 11 is 6.20. The molecule has 1 aliphatic heterocycles. The van der Waals surface area contributed by atoms with E-state index in [4.69, 9.17) is 17.0 Å². The van der Waals surface area contributed by atoms with Crippen molar-refractivity contribution in [1.29, 1.82) is 5.41 Å². The van der Waals surface area contributed by atoms with Gasteiger partial charge in [-0.15, -0.1) is 0 Å². The molecule has 0 unspecified atom stereocenters. The van der Waals surface area contributed by atoms with Crippen LogP contribution in [0.15, 0.2) is 24.3 Å². The van der Waals surface area contributed by atoms with E-state index in [9.17, 15) is 13.2 Å². The van der Waals surface area contributed by atoms with Crippen LogP contribution < -0.4 is 15.5 Å². The minimum absolute atomic E-state index is 0.0229. The second kappa shape index (κ2) is 9.00. The molecular formula is C24H30ClF3N6. The summed E-state index contributed by atoms with van der Waals surface area (Å²) in [4.78, 5) is 10.6. The Morgan fingerprint density at radius 1 is 1.15 bits per heavy atom. The lowest BCUT2D eigenvalue weighted by Gasteiger charge is -2.40. The van der Waals surface area contributed by atoms with Crippen LogP contribution >= 0.6 is 11.6 Å². The molecular weight excluding hydrogens is 465 g/mol. The van der Waals surface area contributed by atoms with Gasteiger partial charge in [-0.3, -0.25) is 0 Å². The number of halogens is 4. The SMILES string of the molecule is CC(C)(C)NC1(C2CCN(c3nc(Cl)nc(Nc4cccc(C(F)(F)F)c4)c3C=N)CC2)CC1. The zero-order valence-corrected chi connectivity index (χ0v) is 20.3. The zero-order chi connectivity index (χ0) is 24.7. The van der Waals surface area contributed by atoms with Crippen LogP contribution in [0, 0.1) is 11.3 Å². The summed E-state index contributed by atoms with van der Waals surface area (Å²) in [5.74, 6) is 1.29. The zero-order valence-electron chi connectivity index (χ0n) is 19.6.